The van der Waals surface area contributed by atoms with Crippen LogP contribution in [0.5, 0.6) is 0 Å². The average Bonchev–Trinajstić information content (AvgIpc) is 3.29. The molecule has 0 rings (SSSR count). The standard InChI is InChI=1S/C58H100O6/c1-4-7-10-13-16-19-22-24-25-26-27-28-29-30-31-32-33-34-37-39-42-45-48-51-57(60)63-54-55(53-62-56(59)50-47-44-41-38-35-21-18-15-12-9-6-3)64-58(61)52-49-46-43-40-36-23-20-17-14-11-8-5-2/h7,10,16,19,24-25,27-28,30-31,33-34,55H,4-6,8-9,11-15,17-18,20-23,26,29,32,35-54H2,1-3H3/b10-7-,19-16-,25-24-,28-27-,31-30-,34-33-. The zero-order valence-corrected chi connectivity index (χ0v) is 42.0. The molecule has 0 aromatic carbocycles. The van der Waals surface area contributed by atoms with E-state index in [-0.39, 0.29) is 31.1 Å². The zero-order chi connectivity index (χ0) is 46.5. The molecule has 0 aromatic rings. The van der Waals surface area contributed by atoms with Gasteiger partial charge in [-0.3, -0.25) is 14.4 Å². The van der Waals surface area contributed by atoms with E-state index in [0.29, 0.717) is 19.3 Å². The van der Waals surface area contributed by atoms with Gasteiger partial charge in [-0.25, -0.2) is 0 Å². The molecule has 0 bridgehead atoms. The Balaban J connectivity index is 4.34. The molecule has 1 atom stereocenters. The van der Waals surface area contributed by atoms with Crippen LogP contribution in [-0.2, 0) is 28.6 Å². The minimum absolute atomic E-state index is 0.0804. The predicted octanol–water partition coefficient (Wildman–Crippen LogP) is 17.8. The summed E-state index contributed by atoms with van der Waals surface area (Å²) in [5.74, 6) is -0.902. The van der Waals surface area contributed by atoms with E-state index >= 15 is 0 Å². The third-order valence-corrected chi connectivity index (χ3v) is 11.5. The summed E-state index contributed by atoms with van der Waals surface area (Å²) in [4.78, 5) is 38.0. The van der Waals surface area contributed by atoms with Crippen LogP contribution in [0, 0.1) is 0 Å². The van der Waals surface area contributed by atoms with Crippen molar-refractivity contribution in [3.05, 3.63) is 72.9 Å². The van der Waals surface area contributed by atoms with Crippen LogP contribution in [0.2, 0.25) is 0 Å². The minimum Gasteiger partial charge on any atom is -0.462 e. The number of allylic oxidation sites excluding steroid dienone is 12. The SMILES string of the molecule is CC/C=C\C/C=C\C/C=C\C/C=C\C/C=C\C/C=C\CCCCCCC(=O)OCC(COC(=O)CCCCCCCCCCCCC)OC(=O)CCCCCCCCCCCCCC. The van der Waals surface area contributed by atoms with Crippen molar-refractivity contribution in [3.63, 3.8) is 0 Å². The number of hydrogen-bond donors (Lipinski definition) is 0. The second-order valence-corrected chi connectivity index (χ2v) is 17.8. The summed E-state index contributed by atoms with van der Waals surface area (Å²) in [7, 11) is 0. The number of esters is 3. The van der Waals surface area contributed by atoms with Crippen molar-refractivity contribution in [2.24, 2.45) is 0 Å². The summed E-state index contributed by atoms with van der Waals surface area (Å²) in [5, 5.41) is 0. The predicted molar refractivity (Wildman–Crippen MR) is 274 cm³/mol. The fourth-order valence-electron chi connectivity index (χ4n) is 7.45. The Morgan fingerprint density at radius 3 is 0.953 bits per heavy atom. The van der Waals surface area contributed by atoms with Crippen molar-refractivity contribution >= 4 is 17.9 Å². The Morgan fingerprint density at radius 2 is 0.609 bits per heavy atom. The van der Waals surface area contributed by atoms with Crippen LogP contribution >= 0.6 is 0 Å². The van der Waals surface area contributed by atoms with Crippen molar-refractivity contribution < 1.29 is 28.6 Å². The van der Waals surface area contributed by atoms with Gasteiger partial charge in [0.25, 0.3) is 0 Å². The van der Waals surface area contributed by atoms with E-state index in [0.717, 1.165) is 109 Å². The summed E-state index contributed by atoms with van der Waals surface area (Å²) < 4.78 is 16.8. The van der Waals surface area contributed by atoms with Gasteiger partial charge in [0.2, 0.25) is 0 Å². The molecule has 0 saturated heterocycles. The molecule has 1 unspecified atom stereocenters. The van der Waals surface area contributed by atoms with Crippen molar-refractivity contribution in [3.8, 4) is 0 Å². The first-order valence-corrected chi connectivity index (χ1v) is 26.9. The Bertz CT molecular complexity index is 1210. The fraction of sp³-hybridized carbons (Fsp3) is 0.741. The van der Waals surface area contributed by atoms with E-state index in [1.807, 2.05) is 0 Å². The van der Waals surface area contributed by atoms with Gasteiger partial charge in [0.05, 0.1) is 0 Å². The van der Waals surface area contributed by atoms with Gasteiger partial charge in [-0.1, -0.05) is 241 Å². The molecule has 6 nitrogen and oxygen atoms in total. The Labute approximate surface area is 395 Å². The molecule has 0 spiro atoms. The second-order valence-electron chi connectivity index (χ2n) is 17.8. The third-order valence-electron chi connectivity index (χ3n) is 11.5. The van der Waals surface area contributed by atoms with Gasteiger partial charge < -0.3 is 14.2 Å². The highest BCUT2D eigenvalue weighted by atomic mass is 16.6. The molecule has 0 saturated carbocycles. The molecule has 0 aliphatic carbocycles. The lowest BCUT2D eigenvalue weighted by Gasteiger charge is -2.18. The fourth-order valence-corrected chi connectivity index (χ4v) is 7.45. The maximum atomic E-state index is 12.8. The minimum atomic E-state index is -0.781. The van der Waals surface area contributed by atoms with Crippen molar-refractivity contribution in [1.82, 2.24) is 0 Å². The first-order valence-electron chi connectivity index (χ1n) is 26.9. The number of hydrogen-bond acceptors (Lipinski definition) is 6. The number of unbranched alkanes of at least 4 members (excludes halogenated alkanes) is 25. The van der Waals surface area contributed by atoms with E-state index in [9.17, 15) is 14.4 Å². The molecule has 0 heterocycles. The summed E-state index contributed by atoms with van der Waals surface area (Å²) in [6.07, 6.45) is 66.0. The molecule has 0 aromatic heterocycles. The van der Waals surface area contributed by atoms with Crippen molar-refractivity contribution in [1.29, 1.82) is 0 Å². The van der Waals surface area contributed by atoms with Crippen LogP contribution in [0.3, 0.4) is 0 Å². The third kappa shape index (κ3) is 49.9. The Kier molecular flexibility index (Phi) is 49.9. The Morgan fingerprint density at radius 1 is 0.328 bits per heavy atom. The smallest absolute Gasteiger partial charge is 0.306 e. The van der Waals surface area contributed by atoms with Crippen LogP contribution in [0.4, 0.5) is 0 Å². The summed E-state index contributed by atoms with van der Waals surface area (Å²) >= 11 is 0. The number of carbonyl (C=O) groups is 3. The molecule has 6 heteroatoms. The molecule has 368 valence electrons. The number of ether oxygens (including phenoxy) is 3. The van der Waals surface area contributed by atoms with Crippen LogP contribution in [0.15, 0.2) is 72.9 Å². The summed E-state index contributed by atoms with van der Waals surface area (Å²) in [6.45, 7) is 6.50. The number of rotatable bonds is 48. The quantitative estimate of drug-likeness (QED) is 0.0262. The lowest BCUT2D eigenvalue weighted by atomic mass is 10.0. The van der Waals surface area contributed by atoms with Crippen LogP contribution in [-0.4, -0.2) is 37.2 Å². The lowest BCUT2D eigenvalue weighted by Crippen LogP contribution is -2.30. The molecular weight excluding hydrogens is 793 g/mol. The number of carbonyl (C=O) groups excluding carboxylic acids is 3. The summed E-state index contributed by atoms with van der Waals surface area (Å²) in [6, 6.07) is 0. The van der Waals surface area contributed by atoms with Gasteiger partial charge in [0, 0.05) is 19.3 Å². The van der Waals surface area contributed by atoms with Crippen LogP contribution in [0.25, 0.3) is 0 Å². The zero-order valence-electron chi connectivity index (χ0n) is 42.0. The van der Waals surface area contributed by atoms with E-state index < -0.39 is 6.10 Å². The monoisotopic (exact) mass is 893 g/mol. The van der Waals surface area contributed by atoms with Crippen LogP contribution < -0.4 is 0 Å². The van der Waals surface area contributed by atoms with Gasteiger partial charge in [-0.15, -0.1) is 0 Å². The molecule has 0 aliphatic rings. The molecule has 64 heavy (non-hydrogen) atoms. The van der Waals surface area contributed by atoms with Gasteiger partial charge in [0.1, 0.15) is 13.2 Å². The molecule has 0 N–H and O–H groups in total. The molecule has 0 fully saturated rings. The highest BCUT2D eigenvalue weighted by Crippen LogP contribution is 2.15. The topological polar surface area (TPSA) is 78.9 Å². The molecular formula is C58H100O6. The van der Waals surface area contributed by atoms with E-state index in [1.165, 1.54) is 109 Å². The highest BCUT2D eigenvalue weighted by Gasteiger charge is 2.19. The normalized spacial score (nSPS) is 12.6. The van der Waals surface area contributed by atoms with Crippen molar-refractivity contribution in [2.75, 3.05) is 13.2 Å². The Hall–Kier alpha value is -3.15. The lowest BCUT2D eigenvalue weighted by molar-refractivity contribution is -0.167. The maximum Gasteiger partial charge on any atom is 0.306 e. The van der Waals surface area contributed by atoms with E-state index in [1.54, 1.807) is 0 Å². The summed E-state index contributed by atoms with van der Waals surface area (Å²) in [5.41, 5.74) is 0. The van der Waals surface area contributed by atoms with Crippen molar-refractivity contribution in [2.45, 2.75) is 264 Å². The molecule has 0 radical (unpaired) electrons. The second kappa shape index (κ2) is 52.5. The first-order chi connectivity index (χ1) is 31.5. The molecule has 0 aliphatic heterocycles. The molecule has 0 amide bonds. The van der Waals surface area contributed by atoms with Gasteiger partial charge >= 0.3 is 17.9 Å². The first kappa shape index (κ1) is 60.9. The van der Waals surface area contributed by atoms with E-state index in [4.69, 9.17) is 14.2 Å². The highest BCUT2D eigenvalue weighted by molar-refractivity contribution is 5.71. The van der Waals surface area contributed by atoms with Gasteiger partial charge in [-0.05, 0) is 70.6 Å². The largest absolute Gasteiger partial charge is 0.462 e. The van der Waals surface area contributed by atoms with Gasteiger partial charge in [-0.2, -0.15) is 0 Å². The van der Waals surface area contributed by atoms with E-state index in [2.05, 4.69) is 93.7 Å². The van der Waals surface area contributed by atoms with Gasteiger partial charge in [0.15, 0.2) is 6.10 Å². The maximum absolute atomic E-state index is 12.8. The average molecular weight is 893 g/mol. The van der Waals surface area contributed by atoms with Crippen LogP contribution in [0.1, 0.15) is 258 Å².